The summed E-state index contributed by atoms with van der Waals surface area (Å²) >= 11 is 0. The van der Waals surface area contributed by atoms with Gasteiger partial charge < -0.3 is 19.7 Å². The van der Waals surface area contributed by atoms with Gasteiger partial charge in [-0.25, -0.2) is 0 Å². The molecule has 0 aromatic carbocycles. The number of aliphatic hydroxyl groups excluding tert-OH is 1. The number of hydrogen-bond donors (Lipinski definition) is 2. The van der Waals surface area contributed by atoms with E-state index < -0.39 is 35.0 Å². The summed E-state index contributed by atoms with van der Waals surface area (Å²) < 4.78 is 10.5. The van der Waals surface area contributed by atoms with Crippen LogP contribution in [0.15, 0.2) is 0 Å². The van der Waals surface area contributed by atoms with Crippen molar-refractivity contribution in [1.29, 1.82) is 0 Å². The molecular formula is C17H30O6. The number of esters is 2. The average molecular weight is 330 g/mol. The fourth-order valence-corrected chi connectivity index (χ4v) is 3.07. The molecule has 1 saturated carbocycles. The first-order valence-corrected chi connectivity index (χ1v) is 8.34. The van der Waals surface area contributed by atoms with E-state index in [-0.39, 0.29) is 19.6 Å². The summed E-state index contributed by atoms with van der Waals surface area (Å²) in [5.41, 5.74) is -1.70. The van der Waals surface area contributed by atoms with Gasteiger partial charge in [0.05, 0.1) is 24.0 Å². The van der Waals surface area contributed by atoms with Gasteiger partial charge in [-0.15, -0.1) is 0 Å². The molecule has 2 N–H and O–H groups in total. The van der Waals surface area contributed by atoms with Gasteiger partial charge in [0.15, 0.2) is 0 Å². The Balaban J connectivity index is 2.91. The molecule has 1 fully saturated rings. The van der Waals surface area contributed by atoms with Crippen LogP contribution in [-0.4, -0.2) is 46.6 Å². The minimum atomic E-state index is -1.05. The Hall–Kier alpha value is -1.14. The molecule has 23 heavy (non-hydrogen) atoms. The molecule has 0 bridgehead atoms. The molecule has 0 aromatic heterocycles. The van der Waals surface area contributed by atoms with Gasteiger partial charge in [-0.1, -0.05) is 0 Å². The van der Waals surface area contributed by atoms with Crippen LogP contribution in [0.1, 0.15) is 59.8 Å². The third-order valence-electron chi connectivity index (χ3n) is 4.11. The molecule has 1 aliphatic carbocycles. The van der Waals surface area contributed by atoms with Crippen LogP contribution in [0.2, 0.25) is 0 Å². The Kier molecular flexibility index (Phi) is 7.02. The molecule has 1 aliphatic rings. The van der Waals surface area contributed by atoms with Gasteiger partial charge in [-0.05, 0) is 59.8 Å². The van der Waals surface area contributed by atoms with Crippen molar-refractivity contribution in [3.8, 4) is 0 Å². The molecule has 0 spiro atoms. The van der Waals surface area contributed by atoms with Crippen LogP contribution < -0.4 is 0 Å². The van der Waals surface area contributed by atoms with Gasteiger partial charge in [-0.2, -0.15) is 0 Å². The zero-order chi connectivity index (χ0) is 17.7. The van der Waals surface area contributed by atoms with Crippen LogP contribution in [0.4, 0.5) is 0 Å². The highest BCUT2D eigenvalue weighted by Crippen LogP contribution is 2.40. The summed E-state index contributed by atoms with van der Waals surface area (Å²) in [6, 6.07) is 0. The summed E-state index contributed by atoms with van der Waals surface area (Å²) in [7, 11) is 0. The predicted molar refractivity (Wildman–Crippen MR) is 84.6 cm³/mol. The molecule has 0 amide bonds. The third-order valence-corrected chi connectivity index (χ3v) is 4.11. The molecule has 6 nitrogen and oxygen atoms in total. The van der Waals surface area contributed by atoms with Crippen molar-refractivity contribution in [1.82, 2.24) is 0 Å². The lowest BCUT2D eigenvalue weighted by Crippen LogP contribution is -2.46. The number of carbonyl (C=O) groups is 2. The summed E-state index contributed by atoms with van der Waals surface area (Å²) in [6.45, 7) is 7.27. The number of rotatable bonds is 6. The molecule has 6 heteroatoms. The van der Waals surface area contributed by atoms with E-state index in [9.17, 15) is 14.7 Å². The van der Waals surface area contributed by atoms with E-state index >= 15 is 0 Å². The maximum absolute atomic E-state index is 12.5. The van der Waals surface area contributed by atoms with Crippen LogP contribution >= 0.6 is 0 Å². The minimum absolute atomic E-state index is 0.0132. The van der Waals surface area contributed by atoms with Crippen LogP contribution in [-0.2, 0) is 19.1 Å². The highest BCUT2D eigenvalue weighted by molar-refractivity contribution is 5.82. The van der Waals surface area contributed by atoms with Gasteiger partial charge in [0.25, 0.3) is 0 Å². The Morgan fingerprint density at radius 3 is 2.39 bits per heavy atom. The SMILES string of the molecule is CCOC(=O)[C@H]1CCC(O)(CCCO)C[C@@H]1C(=O)OC(C)(C)C. The quantitative estimate of drug-likeness (QED) is 0.722. The molecule has 0 heterocycles. The van der Waals surface area contributed by atoms with Gasteiger partial charge in [0.1, 0.15) is 5.60 Å². The summed E-state index contributed by atoms with van der Waals surface area (Å²) in [5.74, 6) is -2.19. The fraction of sp³-hybridized carbons (Fsp3) is 0.882. The Morgan fingerprint density at radius 2 is 1.87 bits per heavy atom. The highest BCUT2D eigenvalue weighted by atomic mass is 16.6. The summed E-state index contributed by atoms with van der Waals surface area (Å²) in [6.07, 6.45) is 1.81. The van der Waals surface area contributed by atoms with Crippen LogP contribution in [0.3, 0.4) is 0 Å². The summed E-state index contributed by atoms with van der Waals surface area (Å²) in [4.78, 5) is 24.7. The second-order valence-electron chi connectivity index (χ2n) is 7.29. The Labute approximate surface area is 138 Å². The molecule has 134 valence electrons. The van der Waals surface area contributed by atoms with Crippen molar-refractivity contribution in [3.63, 3.8) is 0 Å². The van der Waals surface area contributed by atoms with Crippen LogP contribution in [0, 0.1) is 11.8 Å². The molecule has 1 rings (SSSR count). The number of carbonyl (C=O) groups excluding carboxylic acids is 2. The minimum Gasteiger partial charge on any atom is -0.466 e. The zero-order valence-electron chi connectivity index (χ0n) is 14.6. The lowest BCUT2D eigenvalue weighted by molar-refractivity contribution is -0.176. The van der Waals surface area contributed by atoms with E-state index in [0.29, 0.717) is 25.7 Å². The van der Waals surface area contributed by atoms with Crippen LogP contribution in [0.25, 0.3) is 0 Å². The van der Waals surface area contributed by atoms with Crippen molar-refractivity contribution in [2.45, 2.75) is 71.0 Å². The van der Waals surface area contributed by atoms with Crippen molar-refractivity contribution < 1.29 is 29.3 Å². The van der Waals surface area contributed by atoms with E-state index in [2.05, 4.69) is 0 Å². The monoisotopic (exact) mass is 330 g/mol. The van der Waals surface area contributed by atoms with E-state index in [4.69, 9.17) is 14.6 Å². The van der Waals surface area contributed by atoms with E-state index in [1.165, 1.54) is 0 Å². The number of ether oxygens (including phenoxy) is 2. The van der Waals surface area contributed by atoms with E-state index in [1.807, 2.05) is 0 Å². The molecule has 0 aliphatic heterocycles. The van der Waals surface area contributed by atoms with Crippen molar-refractivity contribution in [3.05, 3.63) is 0 Å². The first-order chi connectivity index (χ1) is 10.6. The van der Waals surface area contributed by atoms with Crippen molar-refractivity contribution in [2.24, 2.45) is 11.8 Å². The van der Waals surface area contributed by atoms with Crippen LogP contribution in [0.5, 0.6) is 0 Å². The first-order valence-electron chi connectivity index (χ1n) is 8.34. The smallest absolute Gasteiger partial charge is 0.310 e. The maximum Gasteiger partial charge on any atom is 0.310 e. The average Bonchev–Trinajstić information content (AvgIpc) is 2.43. The molecule has 3 atom stereocenters. The molecule has 0 radical (unpaired) electrons. The Bertz CT molecular complexity index is 414. The standard InChI is InChI=1S/C17H30O6/c1-5-22-14(19)12-7-9-17(21,8-6-10-18)11-13(12)15(20)23-16(2,3)4/h12-13,18,21H,5-11H2,1-4H3/t12-,13-,17?/m0/s1. The summed E-state index contributed by atoms with van der Waals surface area (Å²) in [5, 5.41) is 19.7. The molecule has 1 unspecified atom stereocenters. The second-order valence-corrected chi connectivity index (χ2v) is 7.29. The second kappa shape index (κ2) is 8.11. The van der Waals surface area contributed by atoms with Gasteiger partial charge in [-0.3, -0.25) is 9.59 Å². The topological polar surface area (TPSA) is 93.1 Å². The maximum atomic E-state index is 12.5. The van der Waals surface area contributed by atoms with Gasteiger partial charge in [0, 0.05) is 6.61 Å². The predicted octanol–water partition coefficient (Wildman–Crippen LogP) is 1.81. The van der Waals surface area contributed by atoms with Crippen molar-refractivity contribution in [2.75, 3.05) is 13.2 Å². The van der Waals surface area contributed by atoms with E-state index in [1.54, 1.807) is 27.7 Å². The lowest BCUT2D eigenvalue weighted by atomic mass is 9.70. The van der Waals surface area contributed by atoms with Crippen molar-refractivity contribution >= 4 is 11.9 Å². The largest absolute Gasteiger partial charge is 0.466 e. The first kappa shape index (κ1) is 19.9. The number of hydrogen-bond acceptors (Lipinski definition) is 6. The molecular weight excluding hydrogens is 300 g/mol. The highest BCUT2D eigenvalue weighted by Gasteiger charge is 2.47. The Morgan fingerprint density at radius 1 is 1.22 bits per heavy atom. The van der Waals surface area contributed by atoms with Gasteiger partial charge >= 0.3 is 11.9 Å². The lowest BCUT2D eigenvalue weighted by Gasteiger charge is -2.40. The number of aliphatic hydroxyl groups is 2. The molecule has 0 aromatic rings. The van der Waals surface area contributed by atoms with E-state index in [0.717, 1.165) is 0 Å². The van der Waals surface area contributed by atoms with Gasteiger partial charge in [0.2, 0.25) is 0 Å². The fourth-order valence-electron chi connectivity index (χ4n) is 3.07. The molecule has 0 saturated heterocycles. The third kappa shape index (κ3) is 6.11. The zero-order valence-corrected chi connectivity index (χ0v) is 14.6. The normalized spacial score (nSPS) is 28.3.